The van der Waals surface area contributed by atoms with E-state index in [2.05, 4.69) is 16.7 Å². The Balaban J connectivity index is 2.47. The molecule has 0 heterocycles. The van der Waals surface area contributed by atoms with Crippen LogP contribution < -0.4 is 10.6 Å². The van der Waals surface area contributed by atoms with E-state index in [9.17, 15) is 19.6 Å². The number of hydrogen-bond donors (Lipinski definition) is 2. The molecular weight excluding hydrogens is 468 g/mol. The number of ether oxygens (including phenoxy) is 1. The van der Waals surface area contributed by atoms with Gasteiger partial charge in [0.2, 0.25) is 11.8 Å². The SMILES string of the molecule is Cc1ccc(C(C(=O)NC2CCCCC2)N(CC#N)C(=O)C(CC(C)C)NC(=O)OC(C)(C)C)c(C)c1. The second-order valence-corrected chi connectivity index (χ2v) is 11.6. The second-order valence-electron chi connectivity index (χ2n) is 11.6. The monoisotopic (exact) mass is 512 g/mol. The average molecular weight is 513 g/mol. The van der Waals surface area contributed by atoms with Gasteiger partial charge in [0.05, 0.1) is 6.07 Å². The summed E-state index contributed by atoms with van der Waals surface area (Å²) < 4.78 is 5.40. The molecule has 3 amide bonds. The van der Waals surface area contributed by atoms with Gasteiger partial charge in [0.1, 0.15) is 24.2 Å². The smallest absolute Gasteiger partial charge is 0.408 e. The maximum absolute atomic E-state index is 14.0. The number of aryl methyl sites for hydroxylation is 2. The lowest BCUT2D eigenvalue weighted by Crippen LogP contribution is -2.54. The van der Waals surface area contributed by atoms with Crippen LogP contribution in [0.15, 0.2) is 18.2 Å². The van der Waals surface area contributed by atoms with Gasteiger partial charge in [-0.3, -0.25) is 9.59 Å². The first-order valence-corrected chi connectivity index (χ1v) is 13.4. The van der Waals surface area contributed by atoms with E-state index < -0.39 is 29.7 Å². The number of benzene rings is 1. The number of nitrogens with zero attached hydrogens (tertiary/aromatic N) is 2. The molecule has 204 valence electrons. The van der Waals surface area contributed by atoms with E-state index in [1.807, 2.05) is 45.9 Å². The topological polar surface area (TPSA) is 112 Å². The van der Waals surface area contributed by atoms with Gasteiger partial charge >= 0.3 is 6.09 Å². The minimum Gasteiger partial charge on any atom is -0.444 e. The van der Waals surface area contributed by atoms with E-state index in [-0.39, 0.29) is 24.4 Å². The third-order valence-electron chi connectivity index (χ3n) is 6.45. The minimum atomic E-state index is -0.996. The van der Waals surface area contributed by atoms with Gasteiger partial charge in [-0.1, -0.05) is 56.9 Å². The molecule has 2 atom stereocenters. The fourth-order valence-electron chi connectivity index (χ4n) is 4.83. The van der Waals surface area contributed by atoms with E-state index in [0.717, 1.165) is 43.2 Å². The quantitative estimate of drug-likeness (QED) is 0.448. The zero-order valence-corrected chi connectivity index (χ0v) is 23.5. The van der Waals surface area contributed by atoms with Crippen molar-refractivity contribution in [1.82, 2.24) is 15.5 Å². The number of alkyl carbamates (subject to hydrolysis) is 1. The predicted octanol–water partition coefficient (Wildman–Crippen LogP) is 5.09. The standard InChI is InChI=1S/C29H44N4O4/c1-19(2)17-24(32-28(36)37-29(5,6)7)27(35)33(16-15-30)25(23-14-13-20(3)18-21(23)4)26(34)31-22-11-9-8-10-12-22/h13-14,18-19,22,24-25H,8-12,16-17H2,1-7H3,(H,31,34)(H,32,36). The summed E-state index contributed by atoms with van der Waals surface area (Å²) in [5, 5.41) is 15.6. The number of nitriles is 1. The molecule has 2 N–H and O–H groups in total. The Kier molecular flexibility index (Phi) is 11.0. The molecule has 0 bridgehead atoms. The van der Waals surface area contributed by atoms with Crippen LogP contribution in [0.4, 0.5) is 4.79 Å². The highest BCUT2D eigenvalue weighted by Gasteiger charge is 2.37. The van der Waals surface area contributed by atoms with Crippen molar-refractivity contribution in [3.05, 3.63) is 34.9 Å². The lowest BCUT2D eigenvalue weighted by Gasteiger charge is -2.35. The van der Waals surface area contributed by atoms with Crippen LogP contribution in [0, 0.1) is 31.1 Å². The summed E-state index contributed by atoms with van der Waals surface area (Å²) in [5.41, 5.74) is 1.83. The van der Waals surface area contributed by atoms with Gasteiger partial charge in [0.25, 0.3) is 0 Å². The highest BCUT2D eigenvalue weighted by atomic mass is 16.6. The predicted molar refractivity (Wildman–Crippen MR) is 144 cm³/mol. The Morgan fingerprint density at radius 3 is 2.32 bits per heavy atom. The molecule has 8 nitrogen and oxygen atoms in total. The number of amides is 3. The minimum absolute atomic E-state index is 0.0416. The molecule has 0 saturated heterocycles. The van der Waals surface area contributed by atoms with Crippen molar-refractivity contribution in [1.29, 1.82) is 5.26 Å². The summed E-state index contributed by atoms with van der Waals surface area (Å²) in [4.78, 5) is 41.7. The van der Waals surface area contributed by atoms with Crippen LogP contribution in [0.5, 0.6) is 0 Å². The van der Waals surface area contributed by atoms with Crippen molar-refractivity contribution in [2.24, 2.45) is 5.92 Å². The fraction of sp³-hybridized carbons (Fsp3) is 0.655. The van der Waals surface area contributed by atoms with Crippen LogP contribution >= 0.6 is 0 Å². The average Bonchev–Trinajstić information content (AvgIpc) is 2.78. The van der Waals surface area contributed by atoms with Crippen molar-refractivity contribution in [3.63, 3.8) is 0 Å². The normalized spacial score (nSPS) is 15.9. The Bertz CT molecular complexity index is 987. The van der Waals surface area contributed by atoms with Crippen LogP contribution in [0.2, 0.25) is 0 Å². The molecule has 1 saturated carbocycles. The van der Waals surface area contributed by atoms with Gasteiger partial charge in [-0.25, -0.2) is 4.79 Å². The number of rotatable bonds is 9. The van der Waals surface area contributed by atoms with Crippen LogP contribution in [-0.4, -0.2) is 47.0 Å². The van der Waals surface area contributed by atoms with Crippen LogP contribution in [0.1, 0.15) is 95.9 Å². The van der Waals surface area contributed by atoms with Gasteiger partial charge in [-0.05, 0) is 70.9 Å². The van der Waals surface area contributed by atoms with Gasteiger partial charge in [0, 0.05) is 6.04 Å². The highest BCUT2D eigenvalue weighted by Crippen LogP contribution is 2.28. The fourth-order valence-corrected chi connectivity index (χ4v) is 4.83. The third kappa shape index (κ3) is 9.38. The molecule has 8 heteroatoms. The zero-order chi connectivity index (χ0) is 27.8. The number of hydrogen-bond acceptors (Lipinski definition) is 5. The number of carbonyl (C=O) groups excluding carboxylic acids is 3. The lowest BCUT2D eigenvalue weighted by molar-refractivity contribution is -0.142. The molecule has 1 aromatic rings. The first-order chi connectivity index (χ1) is 17.3. The molecule has 37 heavy (non-hydrogen) atoms. The van der Waals surface area contributed by atoms with Crippen molar-refractivity contribution in [3.8, 4) is 6.07 Å². The number of nitrogens with one attached hydrogen (secondary N) is 2. The Morgan fingerprint density at radius 1 is 1.14 bits per heavy atom. The van der Waals surface area contributed by atoms with Crippen molar-refractivity contribution < 1.29 is 19.1 Å². The van der Waals surface area contributed by atoms with Crippen LogP contribution in [0.3, 0.4) is 0 Å². The van der Waals surface area contributed by atoms with Crippen LogP contribution in [-0.2, 0) is 14.3 Å². The Morgan fingerprint density at radius 2 is 1.78 bits per heavy atom. The molecule has 1 aliphatic rings. The summed E-state index contributed by atoms with van der Waals surface area (Å²) in [7, 11) is 0. The summed E-state index contributed by atoms with van der Waals surface area (Å²) in [6, 6.07) is 5.90. The summed E-state index contributed by atoms with van der Waals surface area (Å²) in [6.45, 7) is 12.7. The lowest BCUT2D eigenvalue weighted by atomic mass is 9.93. The van der Waals surface area contributed by atoms with Crippen molar-refractivity contribution in [2.45, 2.75) is 111 Å². The van der Waals surface area contributed by atoms with E-state index >= 15 is 0 Å². The first-order valence-electron chi connectivity index (χ1n) is 13.4. The van der Waals surface area contributed by atoms with Crippen LogP contribution in [0.25, 0.3) is 0 Å². The summed E-state index contributed by atoms with van der Waals surface area (Å²) in [5.74, 6) is -0.712. The molecule has 1 aromatic carbocycles. The van der Waals surface area contributed by atoms with E-state index in [0.29, 0.717) is 12.0 Å². The van der Waals surface area contributed by atoms with Gasteiger partial charge in [-0.2, -0.15) is 5.26 Å². The molecule has 0 spiro atoms. The van der Waals surface area contributed by atoms with Crippen molar-refractivity contribution >= 4 is 17.9 Å². The molecule has 1 aliphatic carbocycles. The molecule has 0 aromatic heterocycles. The maximum atomic E-state index is 14.0. The Hall–Kier alpha value is -3.08. The maximum Gasteiger partial charge on any atom is 0.408 e. The number of carbonyl (C=O) groups is 3. The highest BCUT2D eigenvalue weighted by molar-refractivity contribution is 5.92. The molecule has 1 fully saturated rings. The first kappa shape index (κ1) is 30.1. The van der Waals surface area contributed by atoms with E-state index in [4.69, 9.17) is 4.74 Å². The third-order valence-corrected chi connectivity index (χ3v) is 6.45. The van der Waals surface area contributed by atoms with Gasteiger partial charge in [0.15, 0.2) is 0 Å². The largest absolute Gasteiger partial charge is 0.444 e. The molecule has 2 rings (SSSR count). The molecule has 2 unspecified atom stereocenters. The van der Waals surface area contributed by atoms with Crippen molar-refractivity contribution in [2.75, 3.05) is 6.54 Å². The summed E-state index contributed by atoms with van der Waals surface area (Å²) in [6.07, 6.45) is 4.68. The molecule has 0 aliphatic heterocycles. The van der Waals surface area contributed by atoms with E-state index in [1.165, 1.54) is 4.90 Å². The second kappa shape index (κ2) is 13.5. The summed E-state index contributed by atoms with van der Waals surface area (Å²) >= 11 is 0. The zero-order valence-electron chi connectivity index (χ0n) is 23.5. The molecule has 0 radical (unpaired) electrons. The van der Waals surface area contributed by atoms with Gasteiger partial charge < -0.3 is 20.3 Å². The van der Waals surface area contributed by atoms with Gasteiger partial charge in [-0.15, -0.1) is 0 Å². The molecular formula is C29H44N4O4. The van der Waals surface area contributed by atoms with E-state index in [1.54, 1.807) is 20.8 Å². The Labute approximate surface area is 222 Å².